The minimum absolute atomic E-state index is 0.0447. The minimum Gasteiger partial charge on any atom is -0.351 e. The molecular formula is C19H29N3O. The first-order chi connectivity index (χ1) is 11.1. The maximum absolute atomic E-state index is 12.7. The van der Waals surface area contributed by atoms with Crippen molar-refractivity contribution in [3.8, 4) is 0 Å². The second-order valence-electron chi connectivity index (χ2n) is 7.20. The fourth-order valence-corrected chi connectivity index (χ4v) is 3.80. The highest BCUT2D eigenvalue weighted by Crippen LogP contribution is 2.21. The normalized spacial score (nSPS) is 26.0. The molecule has 2 aliphatic heterocycles. The van der Waals surface area contributed by atoms with E-state index in [-0.39, 0.29) is 11.9 Å². The Bertz CT molecular complexity index is 517. The van der Waals surface area contributed by atoms with Gasteiger partial charge in [-0.3, -0.25) is 14.6 Å². The molecule has 4 heteroatoms. The van der Waals surface area contributed by atoms with Crippen LogP contribution in [0.25, 0.3) is 0 Å². The molecule has 23 heavy (non-hydrogen) atoms. The van der Waals surface area contributed by atoms with Gasteiger partial charge in [0.15, 0.2) is 0 Å². The third kappa shape index (κ3) is 4.12. The topological polar surface area (TPSA) is 35.6 Å². The highest BCUT2D eigenvalue weighted by molar-refractivity contribution is 5.82. The van der Waals surface area contributed by atoms with Gasteiger partial charge < -0.3 is 5.32 Å². The van der Waals surface area contributed by atoms with E-state index in [4.69, 9.17) is 0 Å². The summed E-state index contributed by atoms with van der Waals surface area (Å²) in [5.41, 5.74) is 1.29. The number of hydrogen-bond donors (Lipinski definition) is 1. The molecular weight excluding hydrogens is 286 g/mol. The van der Waals surface area contributed by atoms with E-state index in [0.717, 1.165) is 45.4 Å². The SMILES string of the molecule is CC(C)N1CCC(NC(=O)C2CCCN2Cc2ccccc2)C1. The van der Waals surface area contributed by atoms with Crippen LogP contribution < -0.4 is 5.32 Å². The van der Waals surface area contributed by atoms with Gasteiger partial charge in [0.2, 0.25) is 5.91 Å². The molecule has 0 radical (unpaired) electrons. The summed E-state index contributed by atoms with van der Waals surface area (Å²) in [6.45, 7) is 8.44. The van der Waals surface area contributed by atoms with Crippen LogP contribution >= 0.6 is 0 Å². The van der Waals surface area contributed by atoms with Crippen molar-refractivity contribution in [2.45, 2.75) is 57.8 Å². The molecule has 2 saturated heterocycles. The standard InChI is InChI=1S/C19H29N3O/c1-15(2)21-12-10-17(14-21)20-19(23)18-9-6-11-22(18)13-16-7-4-3-5-8-16/h3-5,7-8,15,17-18H,6,9-14H2,1-2H3,(H,20,23). The molecule has 2 atom stereocenters. The van der Waals surface area contributed by atoms with Gasteiger partial charge in [-0.15, -0.1) is 0 Å². The summed E-state index contributed by atoms with van der Waals surface area (Å²) in [6.07, 6.45) is 3.18. The van der Waals surface area contributed by atoms with Crippen molar-refractivity contribution in [3.63, 3.8) is 0 Å². The molecule has 1 N–H and O–H groups in total. The summed E-state index contributed by atoms with van der Waals surface area (Å²) in [5.74, 6) is 0.231. The first-order valence-electron chi connectivity index (χ1n) is 8.96. The third-order valence-corrected chi connectivity index (χ3v) is 5.19. The molecule has 0 spiro atoms. The summed E-state index contributed by atoms with van der Waals surface area (Å²) in [5, 5.41) is 3.30. The molecule has 1 aromatic rings. The Labute approximate surface area is 139 Å². The van der Waals surface area contributed by atoms with Gasteiger partial charge in [0.25, 0.3) is 0 Å². The zero-order valence-corrected chi connectivity index (χ0v) is 14.4. The van der Waals surface area contributed by atoms with Crippen molar-refractivity contribution in [1.29, 1.82) is 0 Å². The number of amides is 1. The number of likely N-dealkylation sites (tertiary alicyclic amines) is 2. The van der Waals surface area contributed by atoms with Crippen LogP contribution in [0.15, 0.2) is 30.3 Å². The first-order valence-corrected chi connectivity index (χ1v) is 8.96. The zero-order chi connectivity index (χ0) is 16.2. The van der Waals surface area contributed by atoms with E-state index in [9.17, 15) is 4.79 Å². The number of hydrogen-bond acceptors (Lipinski definition) is 3. The maximum Gasteiger partial charge on any atom is 0.237 e. The van der Waals surface area contributed by atoms with Crippen LogP contribution in [0.5, 0.6) is 0 Å². The molecule has 126 valence electrons. The van der Waals surface area contributed by atoms with Gasteiger partial charge in [0, 0.05) is 31.7 Å². The summed E-state index contributed by atoms with van der Waals surface area (Å²) in [6, 6.07) is 11.4. The molecule has 1 aromatic carbocycles. The van der Waals surface area contributed by atoms with Gasteiger partial charge in [0.1, 0.15) is 0 Å². The average molecular weight is 315 g/mol. The average Bonchev–Trinajstić information content (AvgIpc) is 3.17. The molecule has 4 nitrogen and oxygen atoms in total. The van der Waals surface area contributed by atoms with Crippen LogP contribution in [-0.4, -0.2) is 53.5 Å². The minimum atomic E-state index is 0.0447. The Balaban J connectivity index is 1.54. The number of nitrogens with one attached hydrogen (secondary N) is 1. The van der Waals surface area contributed by atoms with Crippen LogP contribution in [0.4, 0.5) is 0 Å². The summed E-state index contributed by atoms with van der Waals surface area (Å²) in [7, 11) is 0. The van der Waals surface area contributed by atoms with E-state index in [1.165, 1.54) is 5.56 Å². The highest BCUT2D eigenvalue weighted by Gasteiger charge is 2.33. The number of carbonyl (C=O) groups excluding carboxylic acids is 1. The second kappa shape index (κ2) is 7.45. The van der Waals surface area contributed by atoms with Crippen molar-refractivity contribution in [3.05, 3.63) is 35.9 Å². The Hall–Kier alpha value is -1.39. The Morgan fingerprint density at radius 3 is 2.70 bits per heavy atom. The monoisotopic (exact) mass is 315 g/mol. The van der Waals surface area contributed by atoms with Crippen molar-refractivity contribution >= 4 is 5.91 Å². The molecule has 0 aliphatic carbocycles. The number of benzene rings is 1. The zero-order valence-electron chi connectivity index (χ0n) is 14.4. The summed E-state index contributed by atoms with van der Waals surface area (Å²) in [4.78, 5) is 17.5. The molecule has 2 heterocycles. The predicted octanol–water partition coefficient (Wildman–Crippen LogP) is 2.25. The predicted molar refractivity (Wildman–Crippen MR) is 93.1 cm³/mol. The van der Waals surface area contributed by atoms with Crippen LogP contribution in [0, 0.1) is 0 Å². The number of carbonyl (C=O) groups is 1. The molecule has 0 aromatic heterocycles. The van der Waals surface area contributed by atoms with Gasteiger partial charge >= 0.3 is 0 Å². The molecule has 0 saturated carbocycles. The Morgan fingerprint density at radius 1 is 1.22 bits per heavy atom. The largest absolute Gasteiger partial charge is 0.351 e. The van der Waals surface area contributed by atoms with Gasteiger partial charge in [-0.05, 0) is 45.2 Å². The van der Waals surface area contributed by atoms with E-state index in [2.05, 4.69) is 53.2 Å². The van der Waals surface area contributed by atoms with E-state index >= 15 is 0 Å². The van der Waals surface area contributed by atoms with Gasteiger partial charge in [-0.1, -0.05) is 30.3 Å². The fraction of sp³-hybridized carbons (Fsp3) is 0.632. The molecule has 2 unspecified atom stereocenters. The lowest BCUT2D eigenvalue weighted by molar-refractivity contribution is -0.126. The van der Waals surface area contributed by atoms with Gasteiger partial charge in [-0.2, -0.15) is 0 Å². The summed E-state index contributed by atoms with van der Waals surface area (Å²) < 4.78 is 0. The summed E-state index contributed by atoms with van der Waals surface area (Å²) >= 11 is 0. The third-order valence-electron chi connectivity index (χ3n) is 5.19. The first kappa shape index (κ1) is 16.5. The van der Waals surface area contributed by atoms with E-state index < -0.39 is 0 Å². The molecule has 1 amide bonds. The van der Waals surface area contributed by atoms with Crippen LogP contribution in [0.2, 0.25) is 0 Å². The van der Waals surface area contributed by atoms with E-state index in [1.807, 2.05) is 6.07 Å². The van der Waals surface area contributed by atoms with Crippen LogP contribution in [-0.2, 0) is 11.3 Å². The van der Waals surface area contributed by atoms with Gasteiger partial charge in [0.05, 0.1) is 6.04 Å². The van der Waals surface area contributed by atoms with Crippen LogP contribution in [0.3, 0.4) is 0 Å². The molecule has 2 fully saturated rings. The lowest BCUT2D eigenvalue weighted by Gasteiger charge is -2.26. The highest BCUT2D eigenvalue weighted by atomic mass is 16.2. The lowest BCUT2D eigenvalue weighted by atomic mass is 10.1. The van der Waals surface area contributed by atoms with E-state index in [0.29, 0.717) is 12.1 Å². The second-order valence-corrected chi connectivity index (χ2v) is 7.20. The Morgan fingerprint density at radius 2 is 2.00 bits per heavy atom. The van der Waals surface area contributed by atoms with Crippen molar-refractivity contribution in [2.75, 3.05) is 19.6 Å². The fourth-order valence-electron chi connectivity index (χ4n) is 3.80. The molecule has 3 rings (SSSR count). The smallest absolute Gasteiger partial charge is 0.237 e. The maximum atomic E-state index is 12.7. The van der Waals surface area contributed by atoms with Crippen molar-refractivity contribution < 1.29 is 4.79 Å². The number of rotatable bonds is 5. The molecule has 2 aliphatic rings. The quantitative estimate of drug-likeness (QED) is 0.905. The van der Waals surface area contributed by atoms with E-state index in [1.54, 1.807) is 0 Å². The molecule has 0 bridgehead atoms. The lowest BCUT2D eigenvalue weighted by Crippen LogP contribution is -2.47. The van der Waals surface area contributed by atoms with Crippen LogP contribution in [0.1, 0.15) is 38.7 Å². The van der Waals surface area contributed by atoms with Crippen molar-refractivity contribution in [1.82, 2.24) is 15.1 Å². The number of nitrogens with zero attached hydrogens (tertiary/aromatic N) is 2. The van der Waals surface area contributed by atoms with Gasteiger partial charge in [-0.25, -0.2) is 0 Å². The Kier molecular flexibility index (Phi) is 5.34. The van der Waals surface area contributed by atoms with Crippen molar-refractivity contribution in [2.24, 2.45) is 0 Å².